The number of rotatable bonds is 2. The van der Waals surface area contributed by atoms with Crippen LogP contribution in [0.2, 0.25) is 0 Å². The molecule has 1 aliphatic rings. The van der Waals surface area contributed by atoms with E-state index in [-0.39, 0.29) is 11.9 Å². The summed E-state index contributed by atoms with van der Waals surface area (Å²) in [5, 5.41) is 0. The molecule has 0 N–H and O–H groups in total. The Morgan fingerprint density at radius 2 is 1.67 bits per heavy atom. The predicted octanol–water partition coefficient (Wildman–Crippen LogP) is 3.60. The van der Waals surface area contributed by atoms with Crippen molar-refractivity contribution >= 4 is 0 Å². The zero-order valence-corrected chi connectivity index (χ0v) is 8.79. The summed E-state index contributed by atoms with van der Waals surface area (Å²) in [5.74, 6) is 1.13. The molecule has 1 radical (unpaired) electrons. The lowest BCUT2D eigenvalue weighted by Crippen LogP contribution is -2.23. The van der Waals surface area contributed by atoms with Gasteiger partial charge in [-0.15, -0.1) is 0 Å². The summed E-state index contributed by atoms with van der Waals surface area (Å²) >= 11 is 0. The van der Waals surface area contributed by atoms with Gasteiger partial charge in [0.2, 0.25) is 0 Å². The van der Waals surface area contributed by atoms with Crippen LogP contribution in [0.3, 0.4) is 0 Å². The van der Waals surface area contributed by atoms with Crippen LogP contribution in [-0.4, -0.2) is 6.10 Å². The third kappa shape index (κ3) is 2.95. The minimum atomic E-state index is -0.219. The molecule has 1 aliphatic carbocycles. The molecular formula is C13H16FO. The number of halogens is 1. The molecule has 1 fully saturated rings. The van der Waals surface area contributed by atoms with Crippen LogP contribution in [0.25, 0.3) is 0 Å². The molecular weight excluding hydrogens is 191 g/mol. The molecule has 2 rings (SSSR count). The van der Waals surface area contributed by atoms with Gasteiger partial charge in [0.05, 0.1) is 6.10 Å². The van der Waals surface area contributed by atoms with Crippen molar-refractivity contribution in [2.75, 3.05) is 0 Å². The molecule has 81 valence electrons. The van der Waals surface area contributed by atoms with E-state index in [1.807, 2.05) is 0 Å². The van der Waals surface area contributed by atoms with Gasteiger partial charge < -0.3 is 4.74 Å². The van der Waals surface area contributed by atoms with E-state index in [4.69, 9.17) is 4.74 Å². The molecule has 1 aromatic rings. The smallest absolute Gasteiger partial charge is 0.123 e. The first-order chi connectivity index (χ1) is 7.24. The van der Waals surface area contributed by atoms with E-state index in [1.165, 1.54) is 12.1 Å². The second kappa shape index (κ2) is 4.65. The molecule has 0 heterocycles. The number of hydrogen-bond acceptors (Lipinski definition) is 1. The molecule has 1 aromatic carbocycles. The van der Waals surface area contributed by atoms with Crippen LogP contribution in [0.15, 0.2) is 24.3 Å². The zero-order valence-electron chi connectivity index (χ0n) is 8.79. The van der Waals surface area contributed by atoms with E-state index in [0.717, 1.165) is 31.4 Å². The van der Waals surface area contributed by atoms with Crippen molar-refractivity contribution in [3.63, 3.8) is 0 Å². The lowest BCUT2D eigenvalue weighted by Gasteiger charge is -2.26. The van der Waals surface area contributed by atoms with Crippen molar-refractivity contribution in [2.24, 2.45) is 5.92 Å². The van der Waals surface area contributed by atoms with E-state index in [2.05, 4.69) is 6.92 Å². The third-order valence-electron chi connectivity index (χ3n) is 2.91. The maximum absolute atomic E-state index is 12.7. The summed E-state index contributed by atoms with van der Waals surface area (Å²) in [6, 6.07) is 6.24. The van der Waals surface area contributed by atoms with Gasteiger partial charge in [0, 0.05) is 0 Å². The second-order valence-electron chi connectivity index (χ2n) is 4.21. The molecule has 0 bridgehead atoms. The van der Waals surface area contributed by atoms with Crippen molar-refractivity contribution in [1.29, 1.82) is 0 Å². The van der Waals surface area contributed by atoms with Gasteiger partial charge >= 0.3 is 0 Å². The van der Waals surface area contributed by atoms with E-state index in [1.54, 1.807) is 12.1 Å². The minimum Gasteiger partial charge on any atom is -0.490 e. The normalized spacial score (nSPS) is 26.3. The van der Waals surface area contributed by atoms with Gasteiger partial charge in [-0.2, -0.15) is 0 Å². The van der Waals surface area contributed by atoms with Crippen molar-refractivity contribution in [1.82, 2.24) is 0 Å². The first-order valence-electron chi connectivity index (χ1n) is 5.49. The first-order valence-corrected chi connectivity index (χ1v) is 5.49. The van der Waals surface area contributed by atoms with Crippen LogP contribution in [0.4, 0.5) is 4.39 Å². The fourth-order valence-electron chi connectivity index (χ4n) is 1.96. The van der Waals surface area contributed by atoms with Gasteiger partial charge in [0.25, 0.3) is 0 Å². The van der Waals surface area contributed by atoms with Crippen LogP contribution in [0.1, 0.15) is 25.7 Å². The highest BCUT2D eigenvalue weighted by Crippen LogP contribution is 2.26. The summed E-state index contributed by atoms with van der Waals surface area (Å²) in [6.07, 6.45) is 4.67. The zero-order chi connectivity index (χ0) is 10.7. The van der Waals surface area contributed by atoms with E-state index < -0.39 is 0 Å². The monoisotopic (exact) mass is 207 g/mol. The van der Waals surface area contributed by atoms with Gasteiger partial charge in [0.1, 0.15) is 11.6 Å². The van der Waals surface area contributed by atoms with Crippen LogP contribution in [0.5, 0.6) is 5.75 Å². The Bertz CT molecular complexity index is 299. The van der Waals surface area contributed by atoms with Gasteiger partial charge in [-0.3, -0.25) is 0 Å². The summed E-state index contributed by atoms with van der Waals surface area (Å²) < 4.78 is 18.4. The predicted molar refractivity (Wildman–Crippen MR) is 58.1 cm³/mol. The molecule has 2 heteroatoms. The third-order valence-corrected chi connectivity index (χ3v) is 2.91. The van der Waals surface area contributed by atoms with Crippen LogP contribution >= 0.6 is 0 Å². The van der Waals surface area contributed by atoms with Crippen LogP contribution < -0.4 is 4.74 Å². The molecule has 15 heavy (non-hydrogen) atoms. The molecule has 1 nitrogen and oxygen atoms in total. The summed E-state index contributed by atoms with van der Waals surface area (Å²) in [7, 11) is 0. The Labute approximate surface area is 90.3 Å². The minimum absolute atomic E-state index is 0.219. The van der Waals surface area contributed by atoms with Gasteiger partial charge in [0.15, 0.2) is 0 Å². The lowest BCUT2D eigenvalue weighted by molar-refractivity contribution is 0.140. The molecule has 0 saturated heterocycles. The maximum Gasteiger partial charge on any atom is 0.123 e. The van der Waals surface area contributed by atoms with Crippen molar-refractivity contribution < 1.29 is 9.13 Å². The Morgan fingerprint density at radius 3 is 2.27 bits per heavy atom. The van der Waals surface area contributed by atoms with Gasteiger partial charge in [-0.05, 0) is 55.9 Å². The highest BCUT2D eigenvalue weighted by Gasteiger charge is 2.19. The summed E-state index contributed by atoms with van der Waals surface area (Å²) in [6.45, 7) is 4.05. The van der Waals surface area contributed by atoms with Crippen molar-refractivity contribution in [3.8, 4) is 5.75 Å². The molecule has 0 atom stereocenters. The Hall–Kier alpha value is -1.05. The SMILES string of the molecule is [CH2]C1CCC(Oc2ccc(F)cc2)CC1. The lowest BCUT2D eigenvalue weighted by atomic mass is 9.89. The molecule has 1 saturated carbocycles. The Morgan fingerprint density at radius 1 is 1.07 bits per heavy atom. The largest absolute Gasteiger partial charge is 0.490 e. The summed E-state index contributed by atoms with van der Waals surface area (Å²) in [5.41, 5.74) is 0. The highest BCUT2D eigenvalue weighted by atomic mass is 19.1. The van der Waals surface area contributed by atoms with Gasteiger partial charge in [-0.1, -0.05) is 6.92 Å². The topological polar surface area (TPSA) is 9.23 Å². The molecule has 0 aromatic heterocycles. The number of ether oxygens (including phenoxy) is 1. The average molecular weight is 207 g/mol. The maximum atomic E-state index is 12.7. The van der Waals surface area contributed by atoms with E-state index >= 15 is 0 Å². The average Bonchev–Trinajstić information content (AvgIpc) is 2.25. The standard InChI is InChI=1S/C13H16FO/c1-10-2-6-12(7-3-10)15-13-8-4-11(14)5-9-13/h4-5,8-10,12H,1-3,6-7H2. The van der Waals surface area contributed by atoms with Crippen molar-refractivity contribution in [2.45, 2.75) is 31.8 Å². The molecule has 0 unspecified atom stereocenters. The molecule has 0 amide bonds. The first kappa shape index (κ1) is 10.5. The van der Waals surface area contributed by atoms with Crippen LogP contribution in [-0.2, 0) is 0 Å². The Kier molecular flexibility index (Phi) is 3.24. The fraction of sp³-hybridized carbons (Fsp3) is 0.462. The van der Waals surface area contributed by atoms with Crippen molar-refractivity contribution in [3.05, 3.63) is 37.0 Å². The van der Waals surface area contributed by atoms with Gasteiger partial charge in [-0.25, -0.2) is 4.39 Å². The second-order valence-corrected chi connectivity index (χ2v) is 4.21. The molecule has 0 aliphatic heterocycles. The van der Waals surface area contributed by atoms with E-state index in [0.29, 0.717) is 5.92 Å². The summed E-state index contributed by atoms with van der Waals surface area (Å²) in [4.78, 5) is 0. The fourth-order valence-corrected chi connectivity index (χ4v) is 1.96. The number of hydrogen-bond donors (Lipinski definition) is 0. The molecule has 0 spiro atoms. The quantitative estimate of drug-likeness (QED) is 0.720. The highest BCUT2D eigenvalue weighted by molar-refractivity contribution is 5.22. The van der Waals surface area contributed by atoms with E-state index in [9.17, 15) is 4.39 Å². The number of benzene rings is 1. The van der Waals surface area contributed by atoms with Crippen LogP contribution in [0, 0.1) is 18.7 Å². The Balaban J connectivity index is 1.89.